The molecule has 0 amide bonds. The molecule has 1 aliphatic rings. The molecule has 1 aliphatic carbocycles. The molecule has 1 saturated carbocycles. The number of rotatable bonds is 8. The first-order valence-electron chi connectivity index (χ1n) is 5.63. The van der Waals surface area contributed by atoms with Crippen LogP contribution in [0.1, 0.15) is 38.5 Å². The average Bonchev–Trinajstić information content (AvgIpc) is 2.99. The second-order valence-electron chi connectivity index (χ2n) is 3.99. The van der Waals surface area contributed by atoms with Gasteiger partial charge in [-0.25, -0.2) is 0 Å². The highest BCUT2D eigenvalue weighted by Gasteiger charge is 2.24. The Balaban J connectivity index is 1.86. The van der Waals surface area contributed by atoms with Crippen LogP contribution in [0.4, 0.5) is 0 Å². The molecule has 0 radical (unpaired) electrons. The Bertz CT molecular complexity index is 176. The number of unbranched alkanes of at least 4 members (excludes halogenated alkanes) is 3. The topological polar surface area (TPSA) is 38.4 Å². The van der Waals surface area contributed by atoms with E-state index in [0.717, 1.165) is 12.4 Å². The molecule has 1 fully saturated rings. The first-order chi connectivity index (χ1) is 6.84. The van der Waals surface area contributed by atoms with E-state index in [4.69, 9.17) is 5.73 Å². The van der Waals surface area contributed by atoms with E-state index in [2.05, 4.69) is 11.2 Å². The van der Waals surface area contributed by atoms with Crippen molar-refractivity contribution < 1.29 is 0 Å². The lowest BCUT2D eigenvalue weighted by molar-refractivity contribution is 0.677. The minimum Gasteiger partial charge on any atom is -0.387 e. The quantitative estimate of drug-likeness (QED) is 0.383. The molecule has 2 N–H and O–H groups in total. The van der Waals surface area contributed by atoms with E-state index in [1.54, 1.807) is 0 Å². The zero-order valence-corrected chi connectivity index (χ0v) is 9.98. The molecule has 0 bridgehead atoms. The molecule has 0 aliphatic heterocycles. The van der Waals surface area contributed by atoms with E-state index >= 15 is 0 Å². The highest BCUT2D eigenvalue weighted by molar-refractivity contribution is 7.98. The molecule has 0 aromatic rings. The van der Waals surface area contributed by atoms with Crippen molar-refractivity contribution in [1.82, 2.24) is 0 Å². The maximum Gasteiger partial charge on any atom is 0.0968 e. The Morgan fingerprint density at radius 2 is 2.00 bits per heavy atom. The van der Waals surface area contributed by atoms with Crippen molar-refractivity contribution in [2.45, 2.75) is 38.5 Å². The molecule has 1 rings (SSSR count). The fourth-order valence-corrected chi connectivity index (χ4v) is 1.92. The number of amidine groups is 1. The third-order valence-corrected chi connectivity index (χ3v) is 3.24. The first kappa shape index (κ1) is 11.9. The summed E-state index contributed by atoms with van der Waals surface area (Å²) >= 11 is 1.93. The van der Waals surface area contributed by atoms with Crippen LogP contribution in [0.15, 0.2) is 4.99 Å². The maximum atomic E-state index is 5.79. The van der Waals surface area contributed by atoms with Crippen molar-refractivity contribution in [3.8, 4) is 0 Å². The van der Waals surface area contributed by atoms with E-state index in [0.29, 0.717) is 5.92 Å². The summed E-state index contributed by atoms with van der Waals surface area (Å²) in [4.78, 5) is 4.39. The van der Waals surface area contributed by atoms with Gasteiger partial charge in [-0.15, -0.1) is 0 Å². The average molecular weight is 214 g/mol. The highest BCUT2D eigenvalue weighted by atomic mass is 32.2. The molecule has 0 atom stereocenters. The van der Waals surface area contributed by atoms with Gasteiger partial charge in [0.25, 0.3) is 0 Å². The van der Waals surface area contributed by atoms with E-state index < -0.39 is 0 Å². The van der Waals surface area contributed by atoms with Gasteiger partial charge < -0.3 is 5.73 Å². The van der Waals surface area contributed by atoms with E-state index in [9.17, 15) is 0 Å². The molecule has 0 aromatic heterocycles. The molecular weight excluding hydrogens is 192 g/mol. The molecule has 0 spiro atoms. The van der Waals surface area contributed by atoms with E-state index in [1.165, 1.54) is 44.3 Å². The Labute approximate surface area is 91.7 Å². The molecule has 2 nitrogen and oxygen atoms in total. The normalized spacial score (nSPS) is 17.4. The molecule has 82 valence electrons. The molecule has 0 saturated heterocycles. The monoisotopic (exact) mass is 214 g/mol. The molecular formula is C11H22N2S. The number of hydrogen-bond donors (Lipinski definition) is 1. The fourth-order valence-electron chi connectivity index (χ4n) is 1.43. The Morgan fingerprint density at radius 3 is 2.64 bits per heavy atom. The van der Waals surface area contributed by atoms with Crippen LogP contribution >= 0.6 is 11.8 Å². The van der Waals surface area contributed by atoms with Gasteiger partial charge in [0.05, 0.1) is 5.84 Å². The molecule has 3 heteroatoms. The second kappa shape index (κ2) is 7.16. The van der Waals surface area contributed by atoms with Crippen molar-refractivity contribution >= 4 is 17.6 Å². The van der Waals surface area contributed by atoms with Crippen molar-refractivity contribution in [1.29, 1.82) is 0 Å². The van der Waals surface area contributed by atoms with E-state index in [1.807, 2.05) is 11.8 Å². The van der Waals surface area contributed by atoms with Crippen molar-refractivity contribution in [3.05, 3.63) is 0 Å². The largest absolute Gasteiger partial charge is 0.387 e. The van der Waals surface area contributed by atoms with Gasteiger partial charge in [0.2, 0.25) is 0 Å². The third kappa shape index (κ3) is 5.53. The van der Waals surface area contributed by atoms with Gasteiger partial charge in [0.1, 0.15) is 0 Å². The van der Waals surface area contributed by atoms with Crippen LogP contribution in [0.2, 0.25) is 0 Å². The van der Waals surface area contributed by atoms with Gasteiger partial charge in [0.15, 0.2) is 0 Å². The Kier molecular flexibility index (Phi) is 6.08. The highest BCUT2D eigenvalue weighted by Crippen LogP contribution is 2.28. The first-order valence-corrected chi connectivity index (χ1v) is 7.02. The maximum absolute atomic E-state index is 5.79. The number of nitrogens with zero attached hydrogens (tertiary/aromatic N) is 1. The van der Waals surface area contributed by atoms with Crippen molar-refractivity contribution in [3.63, 3.8) is 0 Å². The lowest BCUT2D eigenvalue weighted by Crippen LogP contribution is -2.14. The van der Waals surface area contributed by atoms with Crippen LogP contribution in [0.5, 0.6) is 0 Å². The van der Waals surface area contributed by atoms with Crippen molar-refractivity contribution in [2.75, 3.05) is 18.6 Å². The Morgan fingerprint density at radius 1 is 1.29 bits per heavy atom. The SMILES string of the molecule is CSCCCCCCN=C(N)C1CC1. The number of aliphatic imine (C=N–C) groups is 1. The number of hydrogen-bond acceptors (Lipinski definition) is 2. The van der Waals surface area contributed by atoms with Gasteiger partial charge in [-0.2, -0.15) is 11.8 Å². The smallest absolute Gasteiger partial charge is 0.0968 e. The van der Waals surface area contributed by atoms with Crippen LogP contribution in [0.3, 0.4) is 0 Å². The predicted octanol–water partition coefficient (Wildman–Crippen LogP) is 2.68. The number of thioether (sulfide) groups is 1. The molecule has 0 heterocycles. The van der Waals surface area contributed by atoms with Crippen LogP contribution in [-0.4, -0.2) is 24.4 Å². The van der Waals surface area contributed by atoms with Gasteiger partial charge in [0, 0.05) is 12.5 Å². The molecule has 0 unspecified atom stereocenters. The lowest BCUT2D eigenvalue weighted by Gasteiger charge is -1.99. The van der Waals surface area contributed by atoms with Crippen LogP contribution < -0.4 is 5.73 Å². The summed E-state index contributed by atoms with van der Waals surface area (Å²) in [5, 5.41) is 0. The van der Waals surface area contributed by atoms with Crippen LogP contribution in [-0.2, 0) is 0 Å². The standard InChI is InChI=1S/C11H22N2S/c1-14-9-5-3-2-4-8-13-11(12)10-6-7-10/h10H,2-9H2,1H3,(H2,12,13). The Hall–Kier alpha value is -0.180. The van der Waals surface area contributed by atoms with Crippen LogP contribution in [0.25, 0.3) is 0 Å². The van der Waals surface area contributed by atoms with E-state index in [-0.39, 0.29) is 0 Å². The molecule has 0 aromatic carbocycles. The van der Waals surface area contributed by atoms with Gasteiger partial charge in [-0.3, -0.25) is 4.99 Å². The summed E-state index contributed by atoms with van der Waals surface area (Å²) in [6, 6.07) is 0. The lowest BCUT2D eigenvalue weighted by atomic mass is 10.2. The minimum absolute atomic E-state index is 0.645. The zero-order chi connectivity index (χ0) is 10.2. The predicted molar refractivity (Wildman–Crippen MR) is 66.1 cm³/mol. The zero-order valence-electron chi connectivity index (χ0n) is 9.17. The summed E-state index contributed by atoms with van der Waals surface area (Å²) < 4.78 is 0. The summed E-state index contributed by atoms with van der Waals surface area (Å²) in [7, 11) is 0. The number of nitrogens with two attached hydrogens (primary N) is 1. The van der Waals surface area contributed by atoms with Gasteiger partial charge in [-0.05, 0) is 37.7 Å². The van der Waals surface area contributed by atoms with Crippen LogP contribution in [0, 0.1) is 5.92 Å². The second-order valence-corrected chi connectivity index (χ2v) is 4.97. The third-order valence-electron chi connectivity index (χ3n) is 2.55. The van der Waals surface area contributed by atoms with Crippen molar-refractivity contribution in [2.24, 2.45) is 16.6 Å². The van der Waals surface area contributed by atoms with Gasteiger partial charge >= 0.3 is 0 Å². The summed E-state index contributed by atoms with van der Waals surface area (Å²) in [5.41, 5.74) is 5.79. The minimum atomic E-state index is 0.645. The summed E-state index contributed by atoms with van der Waals surface area (Å²) in [5.74, 6) is 2.86. The molecule has 14 heavy (non-hydrogen) atoms. The fraction of sp³-hybridized carbons (Fsp3) is 0.909. The summed E-state index contributed by atoms with van der Waals surface area (Å²) in [6.45, 7) is 0.946. The summed E-state index contributed by atoms with van der Waals surface area (Å²) in [6.07, 6.45) is 9.92. The van der Waals surface area contributed by atoms with Gasteiger partial charge in [-0.1, -0.05) is 12.8 Å².